The summed E-state index contributed by atoms with van der Waals surface area (Å²) in [6, 6.07) is 3.84. The predicted octanol–water partition coefficient (Wildman–Crippen LogP) is 4.82. The fourth-order valence-electron chi connectivity index (χ4n) is 1.89. The Balaban J connectivity index is 3.13. The van der Waals surface area contributed by atoms with Crippen molar-refractivity contribution < 1.29 is 37.0 Å². The zero-order valence-electron chi connectivity index (χ0n) is 15.0. The van der Waals surface area contributed by atoms with Crippen LogP contribution in [0.3, 0.4) is 0 Å². The first kappa shape index (κ1) is 21.5. The quantitative estimate of drug-likeness (QED) is 0.546. The van der Waals surface area contributed by atoms with E-state index in [1.165, 1.54) is 0 Å². The van der Waals surface area contributed by atoms with Gasteiger partial charge in [-0.3, -0.25) is 0 Å². The van der Waals surface area contributed by atoms with E-state index in [2.05, 4.69) is 6.58 Å². The number of benzene rings is 1. The predicted molar refractivity (Wildman–Crippen MR) is 87.3 cm³/mol. The van der Waals surface area contributed by atoms with E-state index in [-0.39, 0.29) is 17.7 Å². The third-order valence-corrected chi connectivity index (χ3v) is 3.00. The lowest BCUT2D eigenvalue weighted by Gasteiger charge is -2.23. The Labute approximate surface area is 149 Å². The number of hydrogen-bond donors (Lipinski definition) is 0. The van der Waals surface area contributed by atoms with Crippen molar-refractivity contribution in [2.45, 2.75) is 45.6 Å². The van der Waals surface area contributed by atoms with Crippen LogP contribution in [0.2, 0.25) is 0 Å². The van der Waals surface area contributed by atoms with Crippen molar-refractivity contribution >= 4 is 12.1 Å². The number of alkyl halides is 3. The van der Waals surface area contributed by atoms with Crippen LogP contribution in [0.15, 0.2) is 36.4 Å². The molecule has 0 aliphatic heterocycles. The van der Waals surface area contributed by atoms with Crippen molar-refractivity contribution in [1.82, 2.24) is 0 Å². The zero-order valence-corrected chi connectivity index (χ0v) is 15.0. The molecule has 0 spiro atoms. The lowest BCUT2D eigenvalue weighted by atomic mass is 10.0. The SMILES string of the molecule is C=C(C(=O)OCC)C(OC(=O)OC(C)(C)C)c1ccc(C(F)(F)F)cc1. The molecule has 1 aromatic rings. The summed E-state index contributed by atoms with van der Waals surface area (Å²) in [5.41, 5.74) is -1.84. The topological polar surface area (TPSA) is 61.8 Å². The second kappa shape index (κ2) is 8.25. The summed E-state index contributed by atoms with van der Waals surface area (Å²) in [5, 5.41) is 0. The number of hydrogen-bond acceptors (Lipinski definition) is 5. The molecular weight excluding hydrogens is 353 g/mol. The van der Waals surface area contributed by atoms with Gasteiger partial charge in [-0.05, 0) is 45.4 Å². The monoisotopic (exact) mass is 374 g/mol. The molecule has 144 valence electrons. The van der Waals surface area contributed by atoms with Crippen LogP contribution in [0.1, 0.15) is 44.9 Å². The van der Waals surface area contributed by atoms with Crippen LogP contribution < -0.4 is 0 Å². The second-order valence-corrected chi connectivity index (χ2v) is 6.33. The van der Waals surface area contributed by atoms with Crippen LogP contribution in [0.4, 0.5) is 18.0 Å². The zero-order chi connectivity index (χ0) is 20.1. The average molecular weight is 374 g/mol. The third-order valence-electron chi connectivity index (χ3n) is 3.00. The summed E-state index contributed by atoms with van der Waals surface area (Å²) in [5.74, 6) is -0.832. The molecule has 8 heteroatoms. The maximum Gasteiger partial charge on any atom is 0.509 e. The van der Waals surface area contributed by atoms with Gasteiger partial charge in [0.1, 0.15) is 5.60 Å². The standard InChI is InChI=1S/C18H21F3O5/c1-6-24-15(22)11(2)14(25-16(23)26-17(3,4)5)12-7-9-13(10-8-12)18(19,20)21/h7-10,14H,2,6H2,1,3-5H3. The van der Waals surface area contributed by atoms with Crippen LogP contribution in [0.25, 0.3) is 0 Å². The van der Waals surface area contributed by atoms with Gasteiger partial charge in [0.15, 0.2) is 6.10 Å². The molecule has 0 saturated carbocycles. The molecule has 1 unspecified atom stereocenters. The van der Waals surface area contributed by atoms with E-state index >= 15 is 0 Å². The smallest absolute Gasteiger partial charge is 0.463 e. The number of carbonyl (C=O) groups excluding carboxylic acids is 2. The molecule has 1 rings (SSSR count). The molecule has 0 amide bonds. The molecule has 1 aromatic carbocycles. The van der Waals surface area contributed by atoms with Crippen molar-refractivity contribution in [2.75, 3.05) is 6.61 Å². The van der Waals surface area contributed by atoms with Crippen molar-refractivity contribution in [2.24, 2.45) is 0 Å². The fraction of sp³-hybridized carbons (Fsp3) is 0.444. The van der Waals surface area contributed by atoms with Gasteiger partial charge in [-0.15, -0.1) is 0 Å². The molecule has 0 saturated heterocycles. The number of esters is 1. The summed E-state index contributed by atoms with van der Waals surface area (Å²) >= 11 is 0. The highest BCUT2D eigenvalue weighted by Gasteiger charge is 2.32. The molecule has 0 N–H and O–H groups in total. The van der Waals surface area contributed by atoms with Gasteiger partial charge < -0.3 is 14.2 Å². The lowest BCUT2D eigenvalue weighted by molar-refractivity contribution is -0.140. The summed E-state index contributed by atoms with van der Waals surface area (Å²) in [6.07, 6.45) is -6.95. The molecule has 0 aliphatic carbocycles. The van der Waals surface area contributed by atoms with Gasteiger partial charge in [0.2, 0.25) is 0 Å². The molecule has 0 radical (unpaired) electrons. The highest BCUT2D eigenvalue weighted by Crippen LogP contribution is 2.32. The summed E-state index contributed by atoms with van der Waals surface area (Å²) in [6.45, 7) is 10.0. The Morgan fingerprint density at radius 1 is 1.12 bits per heavy atom. The van der Waals surface area contributed by atoms with E-state index < -0.39 is 35.6 Å². The van der Waals surface area contributed by atoms with Crippen LogP contribution in [-0.4, -0.2) is 24.3 Å². The fourth-order valence-corrected chi connectivity index (χ4v) is 1.89. The van der Waals surface area contributed by atoms with Crippen LogP contribution in [0, 0.1) is 0 Å². The maximum absolute atomic E-state index is 12.7. The largest absolute Gasteiger partial charge is 0.509 e. The molecule has 0 aliphatic rings. The first-order valence-corrected chi connectivity index (χ1v) is 7.78. The summed E-state index contributed by atoms with van der Waals surface area (Å²) < 4.78 is 53.1. The Morgan fingerprint density at radius 3 is 2.08 bits per heavy atom. The van der Waals surface area contributed by atoms with Crippen molar-refractivity contribution in [3.8, 4) is 0 Å². The van der Waals surface area contributed by atoms with E-state index in [1.54, 1.807) is 27.7 Å². The average Bonchev–Trinajstić information content (AvgIpc) is 2.50. The number of ether oxygens (including phenoxy) is 3. The van der Waals surface area contributed by atoms with Crippen LogP contribution in [0.5, 0.6) is 0 Å². The maximum atomic E-state index is 12.7. The van der Waals surface area contributed by atoms with Gasteiger partial charge in [-0.2, -0.15) is 13.2 Å². The lowest BCUT2D eigenvalue weighted by Crippen LogP contribution is -2.27. The Kier molecular flexibility index (Phi) is 6.83. The Morgan fingerprint density at radius 2 is 1.65 bits per heavy atom. The van der Waals surface area contributed by atoms with Gasteiger partial charge in [-0.1, -0.05) is 18.7 Å². The van der Waals surface area contributed by atoms with Crippen molar-refractivity contribution in [3.05, 3.63) is 47.5 Å². The molecule has 0 heterocycles. The summed E-state index contributed by atoms with van der Waals surface area (Å²) in [7, 11) is 0. The summed E-state index contributed by atoms with van der Waals surface area (Å²) in [4.78, 5) is 23.9. The molecule has 5 nitrogen and oxygen atoms in total. The highest BCUT2D eigenvalue weighted by molar-refractivity contribution is 5.89. The van der Waals surface area contributed by atoms with Crippen molar-refractivity contribution in [1.29, 1.82) is 0 Å². The number of carbonyl (C=O) groups is 2. The minimum Gasteiger partial charge on any atom is -0.463 e. The molecule has 1 atom stereocenters. The third kappa shape index (κ3) is 6.42. The Bertz CT molecular complexity index is 657. The van der Waals surface area contributed by atoms with Gasteiger partial charge >= 0.3 is 18.3 Å². The van der Waals surface area contributed by atoms with E-state index in [0.717, 1.165) is 24.3 Å². The van der Waals surface area contributed by atoms with Gasteiger partial charge in [-0.25, -0.2) is 9.59 Å². The van der Waals surface area contributed by atoms with Crippen LogP contribution in [-0.2, 0) is 25.2 Å². The van der Waals surface area contributed by atoms with E-state index in [9.17, 15) is 22.8 Å². The first-order chi connectivity index (χ1) is 11.8. The van der Waals surface area contributed by atoms with E-state index in [0.29, 0.717) is 0 Å². The van der Waals surface area contributed by atoms with Gasteiger partial charge in [0.25, 0.3) is 0 Å². The normalized spacial score (nSPS) is 12.9. The van der Waals surface area contributed by atoms with Crippen molar-refractivity contribution in [3.63, 3.8) is 0 Å². The van der Waals surface area contributed by atoms with Gasteiger partial charge in [0.05, 0.1) is 17.7 Å². The Hall–Kier alpha value is -2.51. The van der Waals surface area contributed by atoms with E-state index in [4.69, 9.17) is 14.2 Å². The molecule has 0 aromatic heterocycles. The van der Waals surface area contributed by atoms with Gasteiger partial charge in [0, 0.05) is 0 Å². The molecule has 26 heavy (non-hydrogen) atoms. The molecular formula is C18H21F3O5. The number of halogens is 3. The minimum atomic E-state index is -4.52. The first-order valence-electron chi connectivity index (χ1n) is 7.78. The minimum absolute atomic E-state index is 0.0595. The molecule has 0 bridgehead atoms. The van der Waals surface area contributed by atoms with E-state index in [1.807, 2.05) is 0 Å². The second-order valence-electron chi connectivity index (χ2n) is 6.33. The number of rotatable bonds is 5. The highest BCUT2D eigenvalue weighted by atomic mass is 19.4. The van der Waals surface area contributed by atoms with Crippen LogP contribution >= 0.6 is 0 Å². The molecule has 0 fully saturated rings.